The van der Waals surface area contributed by atoms with Crippen molar-refractivity contribution in [1.82, 2.24) is 9.97 Å². The number of nitrogens with zero attached hydrogens (tertiary/aromatic N) is 1. The Morgan fingerprint density at radius 2 is 2.41 bits per heavy atom. The zero-order valence-electron chi connectivity index (χ0n) is 9.88. The van der Waals surface area contributed by atoms with Gasteiger partial charge in [-0.3, -0.25) is 0 Å². The van der Waals surface area contributed by atoms with E-state index in [0.717, 1.165) is 35.4 Å². The molecule has 0 radical (unpaired) electrons. The number of H-pyrrole nitrogens is 1. The van der Waals surface area contributed by atoms with E-state index < -0.39 is 0 Å². The minimum atomic E-state index is -0.350. The van der Waals surface area contributed by atoms with Gasteiger partial charge in [0.05, 0.1) is 16.8 Å². The second-order valence-corrected chi connectivity index (χ2v) is 5.48. The third-order valence-corrected chi connectivity index (χ3v) is 4.36. The van der Waals surface area contributed by atoms with E-state index in [0.29, 0.717) is 11.2 Å². The second-order valence-electron chi connectivity index (χ2n) is 4.30. The first-order valence-corrected chi connectivity index (χ1v) is 6.69. The van der Waals surface area contributed by atoms with Crippen molar-refractivity contribution in [2.75, 3.05) is 13.7 Å². The third kappa shape index (κ3) is 2.59. The first-order valence-electron chi connectivity index (χ1n) is 5.49. The van der Waals surface area contributed by atoms with Crippen LogP contribution in [0.15, 0.2) is 4.47 Å². The molecule has 1 aliphatic heterocycles. The molecule has 0 saturated carbocycles. The normalized spacial score (nSPS) is 24.2. The fourth-order valence-corrected chi connectivity index (χ4v) is 2.48. The van der Waals surface area contributed by atoms with Crippen LogP contribution in [0.25, 0.3) is 0 Å². The van der Waals surface area contributed by atoms with Crippen molar-refractivity contribution in [2.24, 2.45) is 0 Å². The van der Waals surface area contributed by atoms with Gasteiger partial charge in [-0.05, 0) is 35.7 Å². The van der Waals surface area contributed by atoms with Gasteiger partial charge >= 0.3 is 0 Å². The van der Waals surface area contributed by atoms with Crippen molar-refractivity contribution in [1.29, 1.82) is 0 Å². The largest absolute Gasteiger partial charge is 0.378 e. The Morgan fingerprint density at radius 1 is 1.65 bits per heavy atom. The van der Waals surface area contributed by atoms with E-state index in [1.54, 1.807) is 7.11 Å². The summed E-state index contributed by atoms with van der Waals surface area (Å²) >= 11 is 8.66. The van der Waals surface area contributed by atoms with Crippen LogP contribution >= 0.6 is 28.1 Å². The molecule has 1 atom stereocenters. The molecule has 4 nitrogen and oxygen atoms in total. The van der Waals surface area contributed by atoms with Crippen molar-refractivity contribution in [3.05, 3.63) is 20.6 Å². The van der Waals surface area contributed by atoms with Crippen LogP contribution in [-0.2, 0) is 21.7 Å². The monoisotopic (exact) mass is 318 g/mol. The summed E-state index contributed by atoms with van der Waals surface area (Å²) in [6, 6.07) is 0. The van der Waals surface area contributed by atoms with Crippen LogP contribution in [0.2, 0.25) is 0 Å². The predicted molar refractivity (Wildman–Crippen MR) is 70.4 cm³/mol. The summed E-state index contributed by atoms with van der Waals surface area (Å²) in [5, 5.41) is 0. The zero-order valence-corrected chi connectivity index (χ0v) is 12.3. The number of methoxy groups -OCH3 is 1. The molecule has 1 fully saturated rings. The fraction of sp³-hybridized carbons (Fsp3) is 0.636. The van der Waals surface area contributed by atoms with Crippen LogP contribution in [0, 0.1) is 4.64 Å². The summed E-state index contributed by atoms with van der Waals surface area (Å²) in [4.78, 5) is 7.66. The van der Waals surface area contributed by atoms with Crippen LogP contribution in [0.3, 0.4) is 0 Å². The molecule has 1 aliphatic rings. The predicted octanol–water partition coefficient (Wildman–Crippen LogP) is 3.07. The number of ether oxygens (including phenoxy) is 2. The molecule has 1 unspecified atom stereocenters. The molecule has 0 spiro atoms. The number of hydrogen-bond donors (Lipinski definition) is 1. The smallest absolute Gasteiger partial charge is 0.144 e. The minimum absolute atomic E-state index is 0.350. The van der Waals surface area contributed by atoms with Gasteiger partial charge in [-0.25, -0.2) is 4.98 Å². The Balaban J connectivity index is 2.45. The Hall–Kier alpha value is -0.300. The maximum absolute atomic E-state index is 5.76. The van der Waals surface area contributed by atoms with Gasteiger partial charge in [-0.1, -0.05) is 12.2 Å². The molecule has 1 saturated heterocycles. The third-order valence-electron chi connectivity index (χ3n) is 2.94. The molecule has 2 rings (SSSR count). The highest BCUT2D eigenvalue weighted by Gasteiger charge is 2.34. The Morgan fingerprint density at radius 3 is 3.00 bits per heavy atom. The molecule has 1 aromatic rings. The summed E-state index contributed by atoms with van der Waals surface area (Å²) in [5.41, 5.74) is 0.552. The quantitative estimate of drug-likeness (QED) is 0.870. The maximum Gasteiger partial charge on any atom is 0.144 e. The standard InChI is InChI=1S/C11H15BrN2O2S/c1-11(4-3-5-16-11)10-13-7(6-15-2)8(12)9(17)14-10/h3-6H2,1-2H3,(H,13,14,17). The highest BCUT2D eigenvalue weighted by Crippen LogP contribution is 2.34. The Kier molecular flexibility index (Phi) is 3.97. The number of aromatic amines is 1. The lowest BCUT2D eigenvalue weighted by molar-refractivity contribution is 0.00872. The van der Waals surface area contributed by atoms with Gasteiger partial charge in [-0.2, -0.15) is 0 Å². The summed E-state index contributed by atoms with van der Waals surface area (Å²) < 4.78 is 12.2. The molecule has 17 heavy (non-hydrogen) atoms. The molecule has 1 N–H and O–H groups in total. The molecular weight excluding hydrogens is 304 g/mol. The number of nitrogens with one attached hydrogen (secondary N) is 1. The van der Waals surface area contributed by atoms with Crippen LogP contribution in [0.5, 0.6) is 0 Å². The lowest BCUT2D eigenvalue weighted by Crippen LogP contribution is -2.24. The number of hydrogen-bond acceptors (Lipinski definition) is 4. The van der Waals surface area contributed by atoms with Gasteiger partial charge in [0, 0.05) is 13.7 Å². The van der Waals surface area contributed by atoms with Gasteiger partial charge in [0.25, 0.3) is 0 Å². The Labute approximate surface area is 114 Å². The number of aromatic nitrogens is 2. The second kappa shape index (κ2) is 5.14. The molecule has 6 heteroatoms. The molecule has 0 aromatic carbocycles. The molecule has 0 aliphatic carbocycles. The highest BCUT2D eigenvalue weighted by atomic mass is 79.9. The lowest BCUT2D eigenvalue weighted by Gasteiger charge is -2.23. The average Bonchev–Trinajstić information content (AvgIpc) is 2.73. The van der Waals surface area contributed by atoms with Gasteiger partial charge in [0.15, 0.2) is 0 Å². The van der Waals surface area contributed by atoms with E-state index in [1.165, 1.54) is 0 Å². The van der Waals surface area contributed by atoms with Crippen LogP contribution in [0.1, 0.15) is 31.3 Å². The van der Waals surface area contributed by atoms with Gasteiger partial charge < -0.3 is 14.5 Å². The van der Waals surface area contributed by atoms with E-state index in [2.05, 4.69) is 25.9 Å². The zero-order chi connectivity index (χ0) is 12.5. The minimum Gasteiger partial charge on any atom is -0.378 e. The summed E-state index contributed by atoms with van der Waals surface area (Å²) in [7, 11) is 1.65. The summed E-state index contributed by atoms with van der Waals surface area (Å²) in [6.07, 6.45) is 2.01. The fourth-order valence-electron chi connectivity index (χ4n) is 1.97. The molecule has 1 aromatic heterocycles. The number of rotatable bonds is 3. The van der Waals surface area contributed by atoms with Crippen molar-refractivity contribution < 1.29 is 9.47 Å². The van der Waals surface area contributed by atoms with Crippen molar-refractivity contribution >= 4 is 28.1 Å². The van der Waals surface area contributed by atoms with E-state index >= 15 is 0 Å². The number of halogens is 1. The van der Waals surface area contributed by atoms with Crippen LogP contribution in [0.4, 0.5) is 0 Å². The van der Waals surface area contributed by atoms with Crippen molar-refractivity contribution in [3.8, 4) is 0 Å². The lowest BCUT2D eigenvalue weighted by atomic mass is 10.0. The van der Waals surface area contributed by atoms with Crippen LogP contribution in [-0.4, -0.2) is 23.7 Å². The van der Waals surface area contributed by atoms with Crippen molar-refractivity contribution in [3.63, 3.8) is 0 Å². The molecule has 0 bridgehead atoms. The molecule has 94 valence electrons. The van der Waals surface area contributed by atoms with Gasteiger partial charge in [0.1, 0.15) is 16.1 Å². The van der Waals surface area contributed by atoms with Gasteiger partial charge in [-0.15, -0.1) is 0 Å². The van der Waals surface area contributed by atoms with E-state index in [-0.39, 0.29) is 5.60 Å². The first-order chi connectivity index (χ1) is 8.07. The Bertz CT molecular complexity index is 469. The average molecular weight is 319 g/mol. The topological polar surface area (TPSA) is 47.1 Å². The SMILES string of the molecule is COCc1[nH]c(C2(C)CCCO2)nc(=S)c1Br. The molecule has 0 amide bonds. The van der Waals surface area contributed by atoms with E-state index in [9.17, 15) is 0 Å². The van der Waals surface area contributed by atoms with Crippen molar-refractivity contribution in [2.45, 2.75) is 32.0 Å². The first kappa shape index (κ1) is 13.1. The molecule has 2 heterocycles. The maximum atomic E-state index is 5.76. The van der Waals surface area contributed by atoms with Crippen LogP contribution < -0.4 is 0 Å². The highest BCUT2D eigenvalue weighted by molar-refractivity contribution is 9.10. The summed E-state index contributed by atoms with van der Waals surface area (Å²) in [6.45, 7) is 3.28. The molecular formula is C11H15BrN2O2S. The van der Waals surface area contributed by atoms with Gasteiger partial charge in [0.2, 0.25) is 0 Å². The van der Waals surface area contributed by atoms with E-state index in [1.807, 2.05) is 6.92 Å². The van der Waals surface area contributed by atoms with E-state index in [4.69, 9.17) is 21.7 Å². The summed E-state index contributed by atoms with van der Waals surface area (Å²) in [5.74, 6) is 0.787.